The molecule has 0 amide bonds. The van der Waals surface area contributed by atoms with Crippen molar-refractivity contribution in [3.8, 4) is 0 Å². The van der Waals surface area contributed by atoms with E-state index in [0.29, 0.717) is 17.5 Å². The number of hydrogen-bond donors (Lipinski definition) is 4. The van der Waals surface area contributed by atoms with E-state index in [2.05, 4.69) is 25.6 Å². The Hall–Kier alpha value is -1.99. The Balaban J connectivity index is 1.88. The number of nitrogens with one attached hydrogen (secondary N) is 2. The van der Waals surface area contributed by atoms with Crippen LogP contribution in [0.5, 0.6) is 0 Å². The average molecular weight is 331 g/mol. The Labute approximate surface area is 141 Å². The van der Waals surface area contributed by atoms with Crippen LogP contribution in [0.3, 0.4) is 0 Å². The van der Waals surface area contributed by atoms with Gasteiger partial charge in [-0.2, -0.15) is 0 Å². The van der Waals surface area contributed by atoms with Crippen molar-refractivity contribution in [3.05, 3.63) is 18.0 Å². The van der Waals surface area contributed by atoms with E-state index in [0.717, 1.165) is 36.6 Å². The molecular weight excluding hydrogens is 306 g/mol. The highest BCUT2D eigenvalue weighted by atomic mass is 16.3. The fourth-order valence-electron chi connectivity index (χ4n) is 3.02. The molecule has 1 aliphatic rings. The molecule has 0 radical (unpaired) electrons. The molecule has 2 heterocycles. The average Bonchev–Trinajstić information content (AvgIpc) is 2.56. The second kappa shape index (κ2) is 7.27. The van der Waals surface area contributed by atoms with Gasteiger partial charge in [-0.25, -0.2) is 15.0 Å². The van der Waals surface area contributed by atoms with Crippen LogP contribution in [0, 0.1) is 0 Å². The predicted octanol–water partition coefficient (Wildman–Crippen LogP) is 2.05. The lowest BCUT2D eigenvalue weighted by Gasteiger charge is -2.26. The minimum atomic E-state index is -0.177. The summed E-state index contributed by atoms with van der Waals surface area (Å²) in [7, 11) is 0. The molecule has 0 aliphatic heterocycles. The van der Waals surface area contributed by atoms with Gasteiger partial charge in [0.05, 0.1) is 18.4 Å². The third-order valence-corrected chi connectivity index (χ3v) is 4.24. The number of rotatable bonds is 5. The van der Waals surface area contributed by atoms with Crippen molar-refractivity contribution in [1.82, 2.24) is 15.0 Å². The van der Waals surface area contributed by atoms with Gasteiger partial charge in [-0.3, -0.25) is 0 Å². The third-order valence-electron chi connectivity index (χ3n) is 4.24. The first-order valence-electron chi connectivity index (χ1n) is 8.54. The van der Waals surface area contributed by atoms with E-state index in [4.69, 9.17) is 0 Å². The van der Waals surface area contributed by atoms with Gasteiger partial charge in [-0.1, -0.05) is 0 Å². The van der Waals surface area contributed by atoms with Gasteiger partial charge in [0.25, 0.3) is 0 Å². The van der Waals surface area contributed by atoms with Crippen molar-refractivity contribution < 1.29 is 10.2 Å². The van der Waals surface area contributed by atoms with Crippen molar-refractivity contribution in [1.29, 1.82) is 0 Å². The van der Waals surface area contributed by atoms with Crippen LogP contribution < -0.4 is 10.6 Å². The van der Waals surface area contributed by atoms with Gasteiger partial charge in [0.15, 0.2) is 5.82 Å². The monoisotopic (exact) mass is 331 g/mol. The van der Waals surface area contributed by atoms with Gasteiger partial charge in [-0.15, -0.1) is 0 Å². The molecule has 1 aliphatic carbocycles. The topological polar surface area (TPSA) is 103 Å². The van der Waals surface area contributed by atoms with Crippen LogP contribution in [0.4, 0.5) is 11.8 Å². The van der Waals surface area contributed by atoms with Gasteiger partial charge in [0.1, 0.15) is 5.52 Å². The van der Waals surface area contributed by atoms with E-state index in [9.17, 15) is 10.2 Å². The number of aromatic nitrogens is 3. The molecule has 0 unspecified atom stereocenters. The SMILES string of the molecule is CC(C)Nc1nc(CO)cc2cnc(NC3CCC(O)CC3)nc12. The number of anilines is 2. The highest BCUT2D eigenvalue weighted by molar-refractivity contribution is 5.88. The standard InChI is InChI=1S/C17H25N5O2/c1-10(2)19-16-15-11(7-13(9-23)20-16)8-18-17(22-15)21-12-3-5-14(24)6-4-12/h7-8,10,12,14,23-24H,3-6,9H2,1-2H3,(H,19,20)(H,18,21,22). The van der Waals surface area contributed by atoms with Crippen LogP contribution in [0.15, 0.2) is 12.3 Å². The fraction of sp³-hybridized carbons (Fsp3) is 0.588. The smallest absolute Gasteiger partial charge is 0.223 e. The third kappa shape index (κ3) is 3.91. The molecule has 7 heteroatoms. The molecular formula is C17H25N5O2. The van der Waals surface area contributed by atoms with Crippen LogP contribution in [-0.2, 0) is 6.61 Å². The van der Waals surface area contributed by atoms with E-state index in [1.807, 2.05) is 19.9 Å². The highest BCUT2D eigenvalue weighted by Crippen LogP contribution is 2.24. The van der Waals surface area contributed by atoms with Gasteiger partial charge < -0.3 is 20.8 Å². The molecule has 1 fully saturated rings. The zero-order valence-electron chi connectivity index (χ0n) is 14.2. The highest BCUT2D eigenvalue weighted by Gasteiger charge is 2.20. The molecule has 0 bridgehead atoms. The second-order valence-corrected chi connectivity index (χ2v) is 6.70. The molecule has 1 saturated carbocycles. The maximum atomic E-state index is 9.61. The van der Waals surface area contributed by atoms with Crippen LogP contribution in [0.1, 0.15) is 45.2 Å². The summed E-state index contributed by atoms with van der Waals surface area (Å²) < 4.78 is 0. The van der Waals surface area contributed by atoms with E-state index in [-0.39, 0.29) is 24.8 Å². The fourth-order valence-corrected chi connectivity index (χ4v) is 3.02. The van der Waals surface area contributed by atoms with Crippen molar-refractivity contribution in [2.45, 2.75) is 64.3 Å². The maximum absolute atomic E-state index is 9.61. The summed E-state index contributed by atoms with van der Waals surface area (Å²) in [6.45, 7) is 3.95. The predicted molar refractivity (Wildman–Crippen MR) is 93.9 cm³/mol. The molecule has 24 heavy (non-hydrogen) atoms. The lowest BCUT2D eigenvalue weighted by molar-refractivity contribution is 0.126. The van der Waals surface area contributed by atoms with Crippen molar-refractivity contribution in [2.24, 2.45) is 0 Å². The van der Waals surface area contributed by atoms with Gasteiger partial charge in [-0.05, 0) is 45.6 Å². The Morgan fingerprint density at radius 1 is 1.21 bits per heavy atom. The second-order valence-electron chi connectivity index (χ2n) is 6.70. The summed E-state index contributed by atoms with van der Waals surface area (Å²) in [6.07, 6.45) is 5.04. The molecule has 0 aromatic carbocycles. The summed E-state index contributed by atoms with van der Waals surface area (Å²) in [5, 5.41) is 26.5. The van der Waals surface area contributed by atoms with Crippen LogP contribution in [-0.4, -0.2) is 43.4 Å². The minimum absolute atomic E-state index is 0.118. The number of aliphatic hydroxyl groups is 2. The number of fused-ring (bicyclic) bond motifs is 1. The maximum Gasteiger partial charge on any atom is 0.223 e. The van der Waals surface area contributed by atoms with Crippen molar-refractivity contribution in [3.63, 3.8) is 0 Å². The van der Waals surface area contributed by atoms with Gasteiger partial charge in [0.2, 0.25) is 5.95 Å². The molecule has 0 atom stereocenters. The zero-order valence-corrected chi connectivity index (χ0v) is 14.2. The first kappa shape index (κ1) is 16.9. The van der Waals surface area contributed by atoms with Crippen LogP contribution >= 0.6 is 0 Å². The van der Waals surface area contributed by atoms with Gasteiger partial charge in [0, 0.05) is 23.7 Å². The summed E-state index contributed by atoms with van der Waals surface area (Å²) in [4.78, 5) is 13.5. The summed E-state index contributed by atoms with van der Waals surface area (Å²) in [5.41, 5.74) is 1.34. The van der Waals surface area contributed by atoms with E-state index >= 15 is 0 Å². The van der Waals surface area contributed by atoms with E-state index < -0.39 is 0 Å². The van der Waals surface area contributed by atoms with Crippen molar-refractivity contribution >= 4 is 22.7 Å². The molecule has 2 aromatic rings. The molecule has 0 saturated heterocycles. The van der Waals surface area contributed by atoms with Crippen LogP contribution in [0.2, 0.25) is 0 Å². The first-order chi connectivity index (χ1) is 11.5. The lowest BCUT2D eigenvalue weighted by Crippen LogP contribution is -2.28. The molecule has 2 aromatic heterocycles. The minimum Gasteiger partial charge on any atom is -0.393 e. The zero-order chi connectivity index (χ0) is 17.1. The Kier molecular flexibility index (Phi) is 5.11. The van der Waals surface area contributed by atoms with E-state index in [1.54, 1.807) is 6.20 Å². The number of aliphatic hydroxyl groups excluding tert-OH is 2. The Morgan fingerprint density at radius 2 is 1.96 bits per heavy atom. The van der Waals surface area contributed by atoms with Crippen LogP contribution in [0.25, 0.3) is 10.9 Å². The first-order valence-corrected chi connectivity index (χ1v) is 8.54. The molecule has 3 rings (SSSR count). The quantitative estimate of drug-likeness (QED) is 0.665. The number of hydrogen-bond acceptors (Lipinski definition) is 7. The number of nitrogens with zero attached hydrogens (tertiary/aromatic N) is 3. The molecule has 7 nitrogen and oxygen atoms in total. The van der Waals surface area contributed by atoms with Crippen molar-refractivity contribution in [2.75, 3.05) is 10.6 Å². The lowest BCUT2D eigenvalue weighted by atomic mass is 9.93. The van der Waals surface area contributed by atoms with Gasteiger partial charge >= 0.3 is 0 Å². The molecule has 0 spiro atoms. The summed E-state index contributed by atoms with van der Waals surface area (Å²) in [5.74, 6) is 1.24. The Morgan fingerprint density at radius 3 is 2.62 bits per heavy atom. The largest absolute Gasteiger partial charge is 0.393 e. The molecule has 130 valence electrons. The summed E-state index contributed by atoms with van der Waals surface area (Å²) in [6, 6.07) is 2.31. The normalized spacial score (nSPS) is 21.2. The molecule has 4 N–H and O–H groups in total. The number of pyridine rings is 1. The Bertz CT molecular complexity index is 699. The van der Waals surface area contributed by atoms with E-state index in [1.165, 1.54) is 0 Å². The summed E-state index contributed by atoms with van der Waals surface area (Å²) >= 11 is 0.